The number of carbonyl (C=O) groups excluding carboxylic acids is 3. The molecule has 2 aliphatic rings. The first-order chi connectivity index (χ1) is 15.4. The minimum Gasteiger partial charge on any atom is -0.300 e. The lowest BCUT2D eigenvalue weighted by atomic mass is 9.81. The molecular weight excluding hydrogens is 456 g/mol. The Kier molecular flexibility index (Phi) is 6.90. The van der Waals surface area contributed by atoms with Crippen molar-refractivity contribution in [3.63, 3.8) is 0 Å². The highest BCUT2D eigenvalue weighted by molar-refractivity contribution is 7.98. The highest BCUT2D eigenvalue weighted by atomic mass is 32.2. The van der Waals surface area contributed by atoms with Crippen LogP contribution in [-0.2, 0) is 14.4 Å². The van der Waals surface area contributed by atoms with E-state index in [0.717, 1.165) is 47.3 Å². The largest absolute Gasteiger partial charge is 0.300 e. The number of benzene rings is 1. The molecule has 2 fully saturated rings. The summed E-state index contributed by atoms with van der Waals surface area (Å²) in [5.41, 5.74) is 0.192. The van der Waals surface area contributed by atoms with Crippen molar-refractivity contribution in [2.45, 2.75) is 38.1 Å². The number of nitrogens with zero attached hydrogens (tertiary/aromatic N) is 2. The van der Waals surface area contributed by atoms with Crippen LogP contribution in [0.1, 0.15) is 32.1 Å². The zero-order chi connectivity index (χ0) is 22.8. The average molecular weight is 480 g/mol. The lowest BCUT2D eigenvalue weighted by Gasteiger charge is -2.25. The Morgan fingerprint density at radius 2 is 1.94 bits per heavy atom. The summed E-state index contributed by atoms with van der Waals surface area (Å²) in [6.45, 7) is 0. The number of hydrogen-bond donors (Lipinski definition) is 1. The Hall–Kier alpha value is -2.33. The fourth-order valence-corrected chi connectivity index (χ4v) is 5.61. The Morgan fingerprint density at radius 1 is 1.25 bits per heavy atom. The maximum absolute atomic E-state index is 14.1. The predicted molar refractivity (Wildman–Crippen MR) is 120 cm³/mol. The van der Waals surface area contributed by atoms with Crippen LogP contribution >= 0.6 is 23.1 Å². The number of likely N-dealkylation sites (tertiary alicyclic amines) is 1. The molecule has 2 heterocycles. The molecular formula is C22H23F2N3O3S2. The third-order valence-electron chi connectivity index (χ3n) is 6.02. The highest BCUT2D eigenvalue weighted by Gasteiger charge is 2.51. The number of nitrogens with one attached hydrogen (secondary N) is 1. The van der Waals surface area contributed by atoms with E-state index >= 15 is 0 Å². The standard InChI is InChI=1S/C22H23F2N3O3S2/c1-31-9-8-18(27-20(29)13-4-2-3-5-14(13)21(27)30)19(28)26-22-25-17(11-32-22)15-10-12(23)6-7-16(15)24/h6-7,10-11,13-14,18H,2-5,8-9H2,1H3,(H,25,26,28)/t13-,14-,18-/m1/s1. The molecule has 1 N–H and O–H groups in total. The molecule has 1 saturated carbocycles. The van der Waals surface area contributed by atoms with Gasteiger partial charge in [-0.15, -0.1) is 11.3 Å². The number of carbonyl (C=O) groups is 3. The number of anilines is 1. The Balaban J connectivity index is 1.54. The molecule has 1 aromatic heterocycles. The molecule has 0 spiro atoms. The van der Waals surface area contributed by atoms with Gasteiger partial charge in [0.15, 0.2) is 5.13 Å². The van der Waals surface area contributed by atoms with Crippen LogP contribution in [-0.4, -0.2) is 45.7 Å². The van der Waals surface area contributed by atoms with E-state index in [9.17, 15) is 23.2 Å². The van der Waals surface area contributed by atoms with Crippen molar-refractivity contribution >= 4 is 46.0 Å². The monoisotopic (exact) mass is 479 g/mol. The van der Waals surface area contributed by atoms with E-state index in [1.54, 1.807) is 0 Å². The van der Waals surface area contributed by atoms with Gasteiger partial charge in [-0.25, -0.2) is 13.8 Å². The van der Waals surface area contributed by atoms with Crippen LogP contribution in [0.15, 0.2) is 23.6 Å². The van der Waals surface area contributed by atoms with Gasteiger partial charge < -0.3 is 5.32 Å². The zero-order valence-electron chi connectivity index (χ0n) is 17.5. The average Bonchev–Trinajstić information content (AvgIpc) is 3.34. The van der Waals surface area contributed by atoms with Crippen LogP contribution in [0.2, 0.25) is 0 Å². The fourth-order valence-electron chi connectivity index (χ4n) is 4.44. The maximum Gasteiger partial charge on any atom is 0.249 e. The van der Waals surface area contributed by atoms with Crippen LogP contribution in [0.4, 0.5) is 13.9 Å². The van der Waals surface area contributed by atoms with Crippen molar-refractivity contribution in [1.82, 2.24) is 9.88 Å². The SMILES string of the molecule is CSCC[C@H](C(=O)Nc1nc(-c2cc(F)ccc2F)cs1)N1C(=O)[C@@H]2CCCC[C@H]2C1=O. The molecule has 1 aromatic carbocycles. The lowest BCUT2D eigenvalue weighted by Crippen LogP contribution is -2.48. The van der Waals surface area contributed by atoms with E-state index in [4.69, 9.17) is 0 Å². The molecule has 10 heteroatoms. The number of rotatable bonds is 7. The van der Waals surface area contributed by atoms with Crippen LogP contribution in [0.25, 0.3) is 11.3 Å². The van der Waals surface area contributed by atoms with Gasteiger partial charge in [-0.1, -0.05) is 12.8 Å². The van der Waals surface area contributed by atoms with E-state index in [0.29, 0.717) is 25.0 Å². The number of amides is 3. The van der Waals surface area contributed by atoms with Gasteiger partial charge in [0.05, 0.1) is 17.5 Å². The van der Waals surface area contributed by atoms with Gasteiger partial charge in [-0.05, 0) is 49.5 Å². The number of aromatic nitrogens is 1. The molecule has 4 rings (SSSR count). The molecule has 0 radical (unpaired) electrons. The van der Waals surface area contributed by atoms with E-state index in [2.05, 4.69) is 10.3 Å². The molecule has 3 amide bonds. The molecule has 32 heavy (non-hydrogen) atoms. The Labute approximate surface area is 192 Å². The minimum atomic E-state index is -0.925. The Bertz CT molecular complexity index is 1020. The second-order valence-corrected chi connectivity index (χ2v) is 9.84. The number of hydrogen-bond acceptors (Lipinski definition) is 6. The molecule has 3 atom stereocenters. The quantitative estimate of drug-likeness (QED) is 0.599. The van der Waals surface area contributed by atoms with Crippen molar-refractivity contribution in [1.29, 1.82) is 0 Å². The molecule has 0 bridgehead atoms. The summed E-state index contributed by atoms with van der Waals surface area (Å²) in [5, 5.41) is 4.38. The summed E-state index contributed by atoms with van der Waals surface area (Å²) in [6, 6.07) is 2.16. The van der Waals surface area contributed by atoms with E-state index in [-0.39, 0.29) is 40.0 Å². The minimum absolute atomic E-state index is 0.00495. The first kappa shape index (κ1) is 22.8. The highest BCUT2D eigenvalue weighted by Crippen LogP contribution is 2.39. The fraction of sp³-hybridized carbons (Fsp3) is 0.455. The number of thiazole rings is 1. The van der Waals surface area contributed by atoms with E-state index in [1.807, 2.05) is 6.26 Å². The van der Waals surface area contributed by atoms with Crippen molar-refractivity contribution < 1.29 is 23.2 Å². The van der Waals surface area contributed by atoms with Gasteiger partial charge in [-0.3, -0.25) is 19.3 Å². The zero-order valence-corrected chi connectivity index (χ0v) is 19.1. The molecule has 2 aromatic rings. The van der Waals surface area contributed by atoms with Crippen molar-refractivity contribution in [2.75, 3.05) is 17.3 Å². The van der Waals surface area contributed by atoms with Gasteiger partial charge in [0.1, 0.15) is 17.7 Å². The summed E-state index contributed by atoms with van der Waals surface area (Å²) in [6.07, 6.45) is 5.40. The third-order valence-corrected chi connectivity index (χ3v) is 7.43. The summed E-state index contributed by atoms with van der Waals surface area (Å²) >= 11 is 2.59. The predicted octanol–water partition coefficient (Wildman–Crippen LogP) is 4.32. The van der Waals surface area contributed by atoms with Gasteiger partial charge in [0, 0.05) is 10.9 Å². The number of halogens is 2. The van der Waals surface area contributed by atoms with Crippen LogP contribution in [0.5, 0.6) is 0 Å². The second-order valence-electron chi connectivity index (χ2n) is 7.99. The van der Waals surface area contributed by atoms with E-state index < -0.39 is 23.6 Å². The van der Waals surface area contributed by atoms with Crippen LogP contribution in [0.3, 0.4) is 0 Å². The van der Waals surface area contributed by atoms with Gasteiger partial charge in [0.2, 0.25) is 17.7 Å². The summed E-state index contributed by atoms with van der Waals surface area (Å²) in [5.74, 6) is -2.30. The van der Waals surface area contributed by atoms with Crippen molar-refractivity contribution in [3.8, 4) is 11.3 Å². The number of fused-ring (bicyclic) bond motifs is 1. The summed E-state index contributed by atoms with van der Waals surface area (Å²) in [4.78, 5) is 44.5. The van der Waals surface area contributed by atoms with Crippen molar-refractivity contribution in [2.24, 2.45) is 11.8 Å². The first-order valence-electron chi connectivity index (χ1n) is 10.5. The van der Waals surface area contributed by atoms with Crippen LogP contribution in [0, 0.1) is 23.5 Å². The number of thioether (sulfide) groups is 1. The normalized spacial score (nSPS) is 21.5. The third kappa shape index (κ3) is 4.43. The lowest BCUT2D eigenvalue weighted by molar-refractivity contribution is -0.146. The van der Waals surface area contributed by atoms with E-state index in [1.165, 1.54) is 17.1 Å². The topological polar surface area (TPSA) is 79.4 Å². The van der Waals surface area contributed by atoms with Gasteiger partial charge >= 0.3 is 0 Å². The Morgan fingerprint density at radius 3 is 2.59 bits per heavy atom. The molecule has 1 aliphatic heterocycles. The molecule has 6 nitrogen and oxygen atoms in total. The van der Waals surface area contributed by atoms with Crippen LogP contribution < -0.4 is 5.32 Å². The summed E-state index contributed by atoms with van der Waals surface area (Å²) in [7, 11) is 0. The molecule has 170 valence electrons. The number of imide groups is 1. The molecule has 1 saturated heterocycles. The van der Waals surface area contributed by atoms with Crippen molar-refractivity contribution in [3.05, 3.63) is 35.2 Å². The molecule has 1 aliphatic carbocycles. The first-order valence-corrected chi connectivity index (χ1v) is 12.8. The smallest absolute Gasteiger partial charge is 0.249 e. The van der Waals surface area contributed by atoms with Gasteiger partial charge in [-0.2, -0.15) is 11.8 Å². The van der Waals surface area contributed by atoms with Gasteiger partial charge in [0.25, 0.3) is 0 Å². The summed E-state index contributed by atoms with van der Waals surface area (Å²) < 4.78 is 27.6. The molecule has 0 unspecified atom stereocenters. The second kappa shape index (κ2) is 9.66. The maximum atomic E-state index is 14.1.